The number of hydrogen-bond donors (Lipinski definition) is 2. The third-order valence-corrected chi connectivity index (χ3v) is 13.4. The Bertz CT molecular complexity index is 814. The SMILES string of the molecule is C[C@H]1[C@H](C)CC[C@]2(C)[C@H](O)C[C@]3(C)C4=CCC5C(C)(C)[C@@H](O)CC[C@]5(C)C4CC[C@@]3(C)[C@H]12. The van der Waals surface area contributed by atoms with Crippen LogP contribution in [0.1, 0.15) is 107 Å². The van der Waals surface area contributed by atoms with Crippen molar-refractivity contribution in [2.24, 2.45) is 56.7 Å². The second-order valence-corrected chi connectivity index (χ2v) is 14.7. The summed E-state index contributed by atoms with van der Waals surface area (Å²) in [4.78, 5) is 0. The van der Waals surface area contributed by atoms with E-state index in [4.69, 9.17) is 0 Å². The zero-order chi connectivity index (χ0) is 23.5. The quantitative estimate of drug-likeness (QED) is 0.397. The van der Waals surface area contributed by atoms with Gasteiger partial charge in [0, 0.05) is 0 Å². The van der Waals surface area contributed by atoms with Gasteiger partial charge < -0.3 is 10.2 Å². The minimum atomic E-state index is -0.199. The van der Waals surface area contributed by atoms with Crippen LogP contribution in [0, 0.1) is 56.7 Å². The molecule has 5 aliphatic rings. The molecule has 0 amide bonds. The van der Waals surface area contributed by atoms with Gasteiger partial charge in [0.15, 0.2) is 0 Å². The van der Waals surface area contributed by atoms with Gasteiger partial charge in [0.05, 0.1) is 12.2 Å². The van der Waals surface area contributed by atoms with Crippen molar-refractivity contribution in [2.45, 2.75) is 119 Å². The van der Waals surface area contributed by atoms with Crippen molar-refractivity contribution >= 4 is 0 Å². The van der Waals surface area contributed by atoms with Gasteiger partial charge in [-0.15, -0.1) is 0 Å². The molecule has 0 aromatic rings. The fraction of sp³-hybridized carbons (Fsp3) is 0.933. The number of allylic oxidation sites excluding steroid dienone is 2. The molecule has 5 aliphatic carbocycles. The molecule has 2 nitrogen and oxygen atoms in total. The van der Waals surface area contributed by atoms with Gasteiger partial charge >= 0.3 is 0 Å². The first-order valence-electron chi connectivity index (χ1n) is 13.8. The number of hydrogen-bond acceptors (Lipinski definition) is 2. The van der Waals surface area contributed by atoms with Crippen molar-refractivity contribution < 1.29 is 10.2 Å². The lowest BCUT2D eigenvalue weighted by molar-refractivity contribution is -0.226. The maximum atomic E-state index is 11.7. The minimum absolute atomic E-state index is 0.0192. The first-order valence-corrected chi connectivity index (χ1v) is 13.8. The van der Waals surface area contributed by atoms with Gasteiger partial charge in [-0.05, 0) is 108 Å². The highest BCUT2D eigenvalue weighted by Crippen LogP contribution is 2.75. The van der Waals surface area contributed by atoms with Crippen LogP contribution in [-0.4, -0.2) is 22.4 Å². The molecule has 0 aromatic heterocycles. The topological polar surface area (TPSA) is 40.5 Å². The minimum Gasteiger partial charge on any atom is -0.393 e. The molecule has 182 valence electrons. The van der Waals surface area contributed by atoms with E-state index in [1.165, 1.54) is 25.7 Å². The molecule has 0 spiro atoms. The van der Waals surface area contributed by atoms with Crippen LogP contribution in [0.2, 0.25) is 0 Å². The summed E-state index contributed by atoms with van der Waals surface area (Å²) in [5, 5.41) is 22.6. The maximum Gasteiger partial charge on any atom is 0.0605 e. The average molecular weight is 443 g/mol. The van der Waals surface area contributed by atoms with E-state index in [2.05, 4.69) is 61.5 Å². The lowest BCUT2D eigenvalue weighted by Crippen LogP contribution is -2.67. The van der Waals surface area contributed by atoms with Gasteiger partial charge in [-0.25, -0.2) is 0 Å². The molecule has 4 saturated carbocycles. The second kappa shape index (κ2) is 6.87. The summed E-state index contributed by atoms with van der Waals surface area (Å²) < 4.78 is 0. The van der Waals surface area contributed by atoms with Crippen LogP contribution in [0.3, 0.4) is 0 Å². The molecule has 5 rings (SSSR count). The Labute approximate surface area is 197 Å². The van der Waals surface area contributed by atoms with Crippen LogP contribution >= 0.6 is 0 Å². The number of aliphatic hydroxyl groups excluding tert-OH is 2. The van der Waals surface area contributed by atoms with E-state index in [-0.39, 0.29) is 39.3 Å². The molecule has 2 unspecified atom stereocenters. The largest absolute Gasteiger partial charge is 0.393 e. The Balaban J connectivity index is 1.61. The smallest absolute Gasteiger partial charge is 0.0605 e. The molecule has 0 radical (unpaired) electrons. The van der Waals surface area contributed by atoms with Crippen molar-refractivity contribution in [3.8, 4) is 0 Å². The number of aliphatic hydroxyl groups is 2. The van der Waals surface area contributed by atoms with Crippen LogP contribution in [0.25, 0.3) is 0 Å². The van der Waals surface area contributed by atoms with Crippen LogP contribution in [-0.2, 0) is 0 Å². The van der Waals surface area contributed by atoms with Gasteiger partial charge in [0.2, 0.25) is 0 Å². The van der Waals surface area contributed by atoms with Gasteiger partial charge in [-0.3, -0.25) is 0 Å². The third kappa shape index (κ3) is 2.61. The fourth-order valence-corrected chi connectivity index (χ4v) is 11.0. The lowest BCUT2D eigenvalue weighted by atomic mass is 9.33. The average Bonchev–Trinajstić information content (AvgIpc) is 2.71. The Morgan fingerprint density at radius 3 is 2.16 bits per heavy atom. The normalized spacial score (nSPS) is 59.2. The summed E-state index contributed by atoms with van der Waals surface area (Å²) in [6.45, 7) is 19.7. The number of fused-ring (bicyclic) bond motifs is 7. The summed E-state index contributed by atoms with van der Waals surface area (Å²) in [5.74, 6) is 3.16. The fourth-order valence-electron chi connectivity index (χ4n) is 11.0. The first-order chi connectivity index (χ1) is 14.7. The molecule has 0 saturated heterocycles. The molecule has 4 fully saturated rings. The Kier molecular flexibility index (Phi) is 5.02. The van der Waals surface area contributed by atoms with E-state index in [0.29, 0.717) is 23.7 Å². The van der Waals surface area contributed by atoms with Crippen LogP contribution in [0.5, 0.6) is 0 Å². The zero-order valence-corrected chi connectivity index (χ0v) is 22.2. The summed E-state index contributed by atoms with van der Waals surface area (Å²) in [6.07, 6.45) is 11.4. The predicted molar refractivity (Wildman–Crippen MR) is 132 cm³/mol. The summed E-state index contributed by atoms with van der Waals surface area (Å²) >= 11 is 0. The van der Waals surface area contributed by atoms with E-state index < -0.39 is 0 Å². The molecular weight excluding hydrogens is 392 g/mol. The van der Waals surface area contributed by atoms with E-state index in [0.717, 1.165) is 31.6 Å². The molecule has 32 heavy (non-hydrogen) atoms. The summed E-state index contributed by atoms with van der Waals surface area (Å²) in [7, 11) is 0. The van der Waals surface area contributed by atoms with Crippen LogP contribution in [0.4, 0.5) is 0 Å². The standard InChI is InChI=1S/C30H50O2/c1-18-11-14-28(6)24(32)17-30(8)21-9-10-22-26(3,4)23(31)13-15-27(22,5)20(21)12-16-29(30,7)25(28)19(18)2/h9,18-20,22-25,31-32H,10-17H2,1-8H3/t18-,19+,20?,22?,23+,24-,25-,27-,28-,29+,30-/m1/s1. The van der Waals surface area contributed by atoms with Crippen molar-refractivity contribution in [3.63, 3.8) is 0 Å². The first kappa shape index (κ1) is 23.4. The second-order valence-electron chi connectivity index (χ2n) is 14.7. The van der Waals surface area contributed by atoms with Crippen molar-refractivity contribution in [1.29, 1.82) is 0 Å². The summed E-state index contributed by atoms with van der Waals surface area (Å²) in [6, 6.07) is 0. The molecule has 0 aromatic carbocycles. The molecule has 11 atom stereocenters. The van der Waals surface area contributed by atoms with E-state index in [1.807, 2.05) is 0 Å². The van der Waals surface area contributed by atoms with E-state index >= 15 is 0 Å². The summed E-state index contributed by atoms with van der Waals surface area (Å²) in [5.41, 5.74) is 2.35. The predicted octanol–water partition coefficient (Wildman–Crippen LogP) is 7.00. The van der Waals surface area contributed by atoms with Gasteiger partial charge in [0.1, 0.15) is 0 Å². The molecule has 0 heterocycles. The van der Waals surface area contributed by atoms with Gasteiger partial charge in [-0.2, -0.15) is 0 Å². The van der Waals surface area contributed by atoms with Gasteiger partial charge in [0.25, 0.3) is 0 Å². The van der Waals surface area contributed by atoms with Crippen molar-refractivity contribution in [2.75, 3.05) is 0 Å². The highest BCUT2D eigenvalue weighted by molar-refractivity contribution is 5.34. The number of rotatable bonds is 0. The molecule has 0 aliphatic heterocycles. The molecular formula is C30H50O2. The Hall–Kier alpha value is -0.340. The van der Waals surface area contributed by atoms with E-state index in [1.54, 1.807) is 5.57 Å². The lowest BCUT2D eigenvalue weighted by Gasteiger charge is -2.72. The molecule has 0 bridgehead atoms. The maximum absolute atomic E-state index is 11.7. The zero-order valence-electron chi connectivity index (χ0n) is 22.2. The van der Waals surface area contributed by atoms with E-state index in [9.17, 15) is 10.2 Å². The molecule has 2 N–H and O–H groups in total. The van der Waals surface area contributed by atoms with Crippen LogP contribution < -0.4 is 0 Å². The molecule has 2 heteroatoms. The van der Waals surface area contributed by atoms with Crippen molar-refractivity contribution in [1.82, 2.24) is 0 Å². The highest BCUT2D eigenvalue weighted by Gasteiger charge is 2.69. The monoisotopic (exact) mass is 442 g/mol. The van der Waals surface area contributed by atoms with Crippen LogP contribution in [0.15, 0.2) is 11.6 Å². The highest BCUT2D eigenvalue weighted by atomic mass is 16.3. The van der Waals surface area contributed by atoms with Crippen molar-refractivity contribution in [3.05, 3.63) is 11.6 Å². The third-order valence-electron chi connectivity index (χ3n) is 13.4. The Morgan fingerprint density at radius 2 is 1.47 bits per heavy atom. The van der Waals surface area contributed by atoms with Gasteiger partial charge in [-0.1, -0.05) is 67.0 Å². The Morgan fingerprint density at radius 1 is 0.812 bits per heavy atom.